The Kier molecular flexibility index (Phi) is 8.98. The first-order chi connectivity index (χ1) is 14.9. The molecule has 1 amide bonds. The highest BCUT2D eigenvalue weighted by Crippen LogP contribution is 2.41. The van der Waals surface area contributed by atoms with Crippen molar-refractivity contribution in [3.63, 3.8) is 0 Å². The molecule has 0 aliphatic carbocycles. The third-order valence-electron chi connectivity index (χ3n) is 5.59. The molecule has 3 N–H and O–H groups in total. The molecule has 4 nitrogen and oxygen atoms in total. The summed E-state index contributed by atoms with van der Waals surface area (Å²) in [6.45, 7) is 12.0. The fraction of sp³-hybridized carbons (Fsp3) is 0.385. The Balaban J connectivity index is 2.79. The molecule has 0 aliphatic rings. The van der Waals surface area contributed by atoms with Crippen LogP contribution < -0.4 is 11.1 Å². The Hall–Kier alpha value is -2.95. The number of benzene rings is 2. The molecule has 0 saturated carbocycles. The van der Waals surface area contributed by atoms with Gasteiger partial charge in [0, 0.05) is 17.5 Å². The first kappa shape index (κ1) is 24.3. The predicted molar refractivity (Wildman–Crippen MR) is 130 cm³/mol. The zero-order valence-corrected chi connectivity index (χ0v) is 19.1. The van der Waals surface area contributed by atoms with Crippen LogP contribution in [0.5, 0.6) is 0 Å². The van der Waals surface area contributed by atoms with Crippen molar-refractivity contribution in [2.24, 2.45) is 10.7 Å². The zero-order chi connectivity index (χ0) is 23.0. The number of hydrogen-bond donors (Lipinski definition) is 2. The summed E-state index contributed by atoms with van der Waals surface area (Å²) >= 11 is 0. The Morgan fingerprint density at radius 2 is 2.06 bits per heavy atom. The van der Waals surface area contributed by atoms with Gasteiger partial charge in [0.1, 0.15) is 5.82 Å². The third kappa shape index (κ3) is 5.81. The van der Waals surface area contributed by atoms with Crippen molar-refractivity contribution in [1.29, 1.82) is 0 Å². The lowest BCUT2D eigenvalue weighted by Crippen LogP contribution is -2.17. The maximum Gasteiger partial charge on any atom is 0.222 e. The molecular weight excluding hydrogens is 389 g/mol. The van der Waals surface area contributed by atoms with E-state index in [1.165, 1.54) is 17.8 Å². The van der Waals surface area contributed by atoms with Crippen LogP contribution >= 0.6 is 0 Å². The SMILES string of the molecule is C=CNc1c(CC(N)=O)c(F)cc(-c2ccc(CCCC)c(N=CC)c2)c1[C@H](C)CC. The number of carbonyl (C=O) groups is 1. The topological polar surface area (TPSA) is 67.5 Å². The lowest BCUT2D eigenvalue weighted by Gasteiger charge is -2.24. The quantitative estimate of drug-likeness (QED) is 0.397. The van der Waals surface area contributed by atoms with E-state index in [9.17, 15) is 4.79 Å². The molecule has 0 bridgehead atoms. The van der Waals surface area contributed by atoms with E-state index in [4.69, 9.17) is 5.73 Å². The minimum absolute atomic E-state index is 0.127. The second-order valence-electron chi connectivity index (χ2n) is 7.81. The summed E-state index contributed by atoms with van der Waals surface area (Å²) in [7, 11) is 0. The van der Waals surface area contributed by atoms with Crippen molar-refractivity contribution in [2.45, 2.75) is 65.7 Å². The number of aryl methyl sites for hydroxylation is 1. The molecule has 0 aliphatic heterocycles. The van der Waals surface area contributed by atoms with Gasteiger partial charge in [-0.1, -0.05) is 45.9 Å². The fourth-order valence-electron chi connectivity index (χ4n) is 3.85. The molecule has 2 aromatic carbocycles. The lowest BCUT2D eigenvalue weighted by molar-refractivity contribution is -0.117. The summed E-state index contributed by atoms with van der Waals surface area (Å²) < 4.78 is 15.2. The van der Waals surface area contributed by atoms with Crippen molar-refractivity contribution in [1.82, 2.24) is 0 Å². The number of unbranched alkanes of at least 4 members (excludes halogenated alkanes) is 1. The smallest absolute Gasteiger partial charge is 0.222 e. The van der Waals surface area contributed by atoms with E-state index in [1.54, 1.807) is 6.21 Å². The number of nitrogens with two attached hydrogens (primary N) is 1. The van der Waals surface area contributed by atoms with E-state index < -0.39 is 11.7 Å². The van der Waals surface area contributed by atoms with Gasteiger partial charge in [-0.05, 0) is 72.7 Å². The molecular formula is C26H34FN3O. The van der Waals surface area contributed by atoms with Crippen LogP contribution in [0.3, 0.4) is 0 Å². The van der Waals surface area contributed by atoms with Crippen molar-refractivity contribution in [3.8, 4) is 11.1 Å². The van der Waals surface area contributed by atoms with E-state index in [0.29, 0.717) is 5.69 Å². The Morgan fingerprint density at radius 1 is 1.32 bits per heavy atom. The second kappa shape index (κ2) is 11.4. The third-order valence-corrected chi connectivity index (χ3v) is 5.59. The number of amides is 1. The molecule has 0 unspecified atom stereocenters. The summed E-state index contributed by atoms with van der Waals surface area (Å²) in [4.78, 5) is 16.2. The molecule has 166 valence electrons. The molecule has 2 aromatic rings. The van der Waals surface area contributed by atoms with E-state index in [0.717, 1.165) is 48.1 Å². The number of aliphatic imine (C=N–C) groups is 1. The molecule has 5 heteroatoms. The predicted octanol–water partition coefficient (Wildman–Crippen LogP) is 6.65. The van der Waals surface area contributed by atoms with Crippen LogP contribution in [0.25, 0.3) is 11.1 Å². The summed E-state index contributed by atoms with van der Waals surface area (Å²) in [5, 5.41) is 3.08. The number of nitrogens with zero attached hydrogens (tertiary/aromatic N) is 1. The Bertz CT molecular complexity index is 966. The van der Waals surface area contributed by atoms with Gasteiger partial charge in [-0.2, -0.15) is 0 Å². The highest BCUT2D eigenvalue weighted by atomic mass is 19.1. The molecule has 0 saturated heterocycles. The number of hydrogen-bond acceptors (Lipinski definition) is 3. The van der Waals surface area contributed by atoms with Crippen LogP contribution in [0.2, 0.25) is 0 Å². The first-order valence-corrected chi connectivity index (χ1v) is 11.0. The Labute approximate surface area is 185 Å². The van der Waals surface area contributed by atoms with E-state index in [-0.39, 0.29) is 17.9 Å². The van der Waals surface area contributed by atoms with Crippen molar-refractivity contribution >= 4 is 23.5 Å². The summed E-state index contributed by atoms with van der Waals surface area (Å²) in [6, 6.07) is 7.67. The van der Waals surface area contributed by atoms with Crippen LogP contribution in [-0.2, 0) is 17.6 Å². The van der Waals surface area contributed by atoms with Gasteiger partial charge >= 0.3 is 0 Å². The van der Waals surface area contributed by atoms with Crippen molar-refractivity contribution < 1.29 is 9.18 Å². The van der Waals surface area contributed by atoms with Gasteiger partial charge in [-0.25, -0.2) is 4.39 Å². The normalized spacial score (nSPS) is 12.2. The number of carbonyl (C=O) groups excluding carboxylic acids is 1. The molecule has 0 fully saturated rings. The van der Waals surface area contributed by atoms with E-state index in [2.05, 4.69) is 43.7 Å². The van der Waals surface area contributed by atoms with Gasteiger partial charge in [0.25, 0.3) is 0 Å². The van der Waals surface area contributed by atoms with Crippen molar-refractivity contribution in [3.05, 3.63) is 59.6 Å². The van der Waals surface area contributed by atoms with Gasteiger partial charge in [0.2, 0.25) is 5.91 Å². The molecule has 31 heavy (non-hydrogen) atoms. The van der Waals surface area contributed by atoms with Crippen LogP contribution in [0.1, 0.15) is 69.6 Å². The van der Waals surface area contributed by atoms with Crippen molar-refractivity contribution in [2.75, 3.05) is 5.32 Å². The number of halogens is 1. The van der Waals surface area contributed by atoms with Crippen LogP contribution in [0.15, 0.2) is 42.0 Å². The molecule has 2 rings (SSSR count). The van der Waals surface area contributed by atoms with Gasteiger partial charge in [-0.15, -0.1) is 0 Å². The van der Waals surface area contributed by atoms with Gasteiger partial charge in [0.05, 0.1) is 12.1 Å². The maximum absolute atomic E-state index is 15.2. The number of nitrogens with one attached hydrogen (secondary N) is 1. The highest BCUT2D eigenvalue weighted by Gasteiger charge is 2.23. The average molecular weight is 424 g/mol. The molecule has 0 heterocycles. The lowest BCUT2D eigenvalue weighted by atomic mass is 9.85. The Morgan fingerprint density at radius 3 is 2.65 bits per heavy atom. The van der Waals surface area contributed by atoms with E-state index in [1.807, 2.05) is 19.1 Å². The second-order valence-corrected chi connectivity index (χ2v) is 7.81. The fourth-order valence-corrected chi connectivity index (χ4v) is 3.85. The number of primary amides is 1. The minimum Gasteiger partial charge on any atom is -0.369 e. The first-order valence-electron chi connectivity index (χ1n) is 11.0. The molecule has 0 aromatic heterocycles. The highest BCUT2D eigenvalue weighted by molar-refractivity contribution is 5.84. The minimum atomic E-state index is -0.575. The average Bonchev–Trinajstić information content (AvgIpc) is 2.74. The van der Waals surface area contributed by atoms with E-state index >= 15 is 4.39 Å². The van der Waals surface area contributed by atoms with Crippen LogP contribution in [0, 0.1) is 5.82 Å². The largest absolute Gasteiger partial charge is 0.369 e. The standard InChI is InChI=1S/C26H34FN3O/c1-6-10-11-18-12-13-19(14-23(18)29-8-3)20-15-22(27)21(16-24(28)31)26(30-9-4)25(20)17(5)7-2/h8-9,12-15,17,30H,4,6-7,10-11,16H2,1-3,5H3,(H2,28,31)/t17-/m1/s1. The summed E-state index contributed by atoms with van der Waals surface area (Å²) in [5.41, 5.74) is 11.0. The van der Waals surface area contributed by atoms with Gasteiger partial charge in [0.15, 0.2) is 0 Å². The monoisotopic (exact) mass is 423 g/mol. The van der Waals surface area contributed by atoms with Gasteiger partial charge < -0.3 is 11.1 Å². The molecule has 1 atom stereocenters. The summed E-state index contributed by atoms with van der Waals surface area (Å²) in [6.07, 6.45) is 7.13. The van der Waals surface area contributed by atoms with Crippen LogP contribution in [-0.4, -0.2) is 12.1 Å². The number of rotatable bonds is 11. The van der Waals surface area contributed by atoms with Gasteiger partial charge in [-0.3, -0.25) is 9.79 Å². The number of anilines is 1. The molecule has 0 radical (unpaired) electrons. The summed E-state index contributed by atoms with van der Waals surface area (Å²) in [5.74, 6) is -0.905. The van der Waals surface area contributed by atoms with Crippen LogP contribution in [0.4, 0.5) is 15.8 Å². The molecule has 0 spiro atoms. The zero-order valence-electron chi connectivity index (χ0n) is 19.1. The maximum atomic E-state index is 15.2.